The van der Waals surface area contributed by atoms with Crippen molar-refractivity contribution in [3.63, 3.8) is 0 Å². The Morgan fingerprint density at radius 3 is 2.16 bits per heavy atom. The molecule has 0 saturated heterocycles. The summed E-state index contributed by atoms with van der Waals surface area (Å²) in [5.41, 5.74) is -1.37. The van der Waals surface area contributed by atoms with Gasteiger partial charge >= 0.3 is 16.1 Å². The zero-order chi connectivity index (χ0) is 18.8. The third-order valence-corrected chi connectivity index (χ3v) is 3.81. The Bertz CT molecular complexity index is 1000. The number of carbonyl (C=O) groups is 1. The van der Waals surface area contributed by atoms with Crippen LogP contribution in [0.3, 0.4) is 0 Å². The molecule has 0 aliphatic heterocycles. The molecule has 11 nitrogen and oxygen atoms in total. The molecule has 0 saturated carbocycles. The van der Waals surface area contributed by atoms with Crippen LogP contribution in [-0.2, 0) is 10.1 Å². The molecule has 0 bridgehead atoms. The van der Waals surface area contributed by atoms with Crippen molar-refractivity contribution in [2.45, 2.75) is 4.90 Å². The highest BCUT2D eigenvalue weighted by molar-refractivity contribution is 7.86. The molecule has 12 heteroatoms. The zero-order valence-electron chi connectivity index (χ0n) is 12.1. The lowest BCUT2D eigenvalue weighted by Gasteiger charge is -2.01. The molecule has 130 valence electrons. The number of rotatable bonds is 5. The van der Waals surface area contributed by atoms with Gasteiger partial charge in [-0.15, -0.1) is 0 Å². The summed E-state index contributed by atoms with van der Waals surface area (Å²) in [6.45, 7) is 0. The molecule has 0 aliphatic rings. The maximum Gasteiger partial charge on any atom is 0.339 e. The molecule has 3 N–H and O–H groups in total. The Labute approximate surface area is 139 Å². The third-order valence-electron chi connectivity index (χ3n) is 2.91. The number of aromatic hydroxyl groups is 1. The van der Waals surface area contributed by atoms with Crippen molar-refractivity contribution >= 4 is 33.1 Å². The molecule has 0 atom stereocenters. The van der Waals surface area contributed by atoms with Crippen LogP contribution in [0.1, 0.15) is 10.4 Å². The Hall–Kier alpha value is -3.38. The fourth-order valence-corrected chi connectivity index (χ4v) is 2.44. The van der Waals surface area contributed by atoms with Crippen LogP contribution < -0.4 is 0 Å². The third kappa shape index (κ3) is 4.13. The molecular weight excluding hydrogens is 358 g/mol. The van der Waals surface area contributed by atoms with E-state index in [0.29, 0.717) is 0 Å². The van der Waals surface area contributed by atoms with E-state index >= 15 is 0 Å². The van der Waals surface area contributed by atoms with Gasteiger partial charge in [-0.3, -0.25) is 14.7 Å². The first-order valence-corrected chi connectivity index (χ1v) is 7.77. The van der Waals surface area contributed by atoms with Crippen molar-refractivity contribution in [3.8, 4) is 5.75 Å². The summed E-state index contributed by atoms with van der Waals surface area (Å²) < 4.78 is 31.2. The smallest absolute Gasteiger partial charge is 0.339 e. The molecule has 0 aromatic heterocycles. The first-order valence-electron chi connectivity index (χ1n) is 6.33. The van der Waals surface area contributed by atoms with Gasteiger partial charge < -0.3 is 10.2 Å². The molecule has 0 spiro atoms. The van der Waals surface area contributed by atoms with Crippen molar-refractivity contribution in [1.82, 2.24) is 0 Å². The first kappa shape index (κ1) is 18.0. The molecule has 0 fully saturated rings. The van der Waals surface area contributed by atoms with E-state index in [9.17, 15) is 28.4 Å². The average Bonchev–Trinajstić information content (AvgIpc) is 2.52. The van der Waals surface area contributed by atoms with E-state index in [1.807, 2.05) is 0 Å². The number of hydrogen-bond acceptors (Lipinski definition) is 8. The summed E-state index contributed by atoms with van der Waals surface area (Å²) in [4.78, 5) is 19.9. The first-order chi connectivity index (χ1) is 11.6. The van der Waals surface area contributed by atoms with Crippen LogP contribution in [0.2, 0.25) is 0 Å². The van der Waals surface area contributed by atoms with Gasteiger partial charge in [0.05, 0.1) is 16.3 Å². The topological polar surface area (TPSA) is 180 Å². The van der Waals surface area contributed by atoms with E-state index in [1.165, 1.54) is 6.07 Å². The maximum atomic E-state index is 11.1. The summed E-state index contributed by atoms with van der Waals surface area (Å²) in [6.07, 6.45) is 0. The number of azo groups is 1. The summed E-state index contributed by atoms with van der Waals surface area (Å²) in [5.74, 6) is -1.86. The van der Waals surface area contributed by atoms with Gasteiger partial charge in [-0.2, -0.15) is 18.6 Å². The molecule has 2 rings (SSSR count). The number of nitro benzene ring substituents is 1. The van der Waals surface area contributed by atoms with E-state index in [0.717, 1.165) is 30.3 Å². The highest BCUT2D eigenvalue weighted by Gasteiger charge is 2.24. The summed E-state index contributed by atoms with van der Waals surface area (Å²) >= 11 is 0. The predicted molar refractivity (Wildman–Crippen MR) is 82.2 cm³/mol. The van der Waals surface area contributed by atoms with E-state index in [2.05, 4.69) is 10.2 Å². The monoisotopic (exact) mass is 367 g/mol. The van der Waals surface area contributed by atoms with Gasteiger partial charge in [0.1, 0.15) is 11.3 Å². The van der Waals surface area contributed by atoms with Crippen molar-refractivity contribution in [2.24, 2.45) is 10.2 Å². The van der Waals surface area contributed by atoms with E-state index in [1.54, 1.807) is 0 Å². The molecular formula is C13H9N3O8S. The molecule has 0 heterocycles. The fourth-order valence-electron chi connectivity index (χ4n) is 1.80. The Morgan fingerprint density at radius 1 is 1.08 bits per heavy atom. The number of nitro groups is 1. The van der Waals surface area contributed by atoms with Crippen molar-refractivity contribution < 1.29 is 32.9 Å². The van der Waals surface area contributed by atoms with Gasteiger partial charge in [-0.1, -0.05) is 0 Å². The number of carboxylic acid groups (broad SMARTS) is 1. The number of carboxylic acids is 1. The molecule has 0 aliphatic carbocycles. The van der Waals surface area contributed by atoms with E-state index < -0.39 is 42.9 Å². The normalized spacial score (nSPS) is 11.6. The van der Waals surface area contributed by atoms with Crippen LogP contribution in [-0.4, -0.2) is 34.1 Å². The fraction of sp³-hybridized carbons (Fsp3) is 0. The SMILES string of the molecule is O=C(O)c1cc(N=Nc2ccc(S(=O)(=O)O)c([N+](=O)[O-])c2)ccc1O. The van der Waals surface area contributed by atoms with Crippen LogP contribution in [0, 0.1) is 10.1 Å². The maximum absolute atomic E-state index is 11.1. The second-order valence-electron chi connectivity index (χ2n) is 4.59. The highest BCUT2D eigenvalue weighted by atomic mass is 32.2. The van der Waals surface area contributed by atoms with Gasteiger partial charge in [0.25, 0.3) is 5.69 Å². The Balaban J connectivity index is 2.43. The van der Waals surface area contributed by atoms with Crippen molar-refractivity contribution in [2.75, 3.05) is 0 Å². The molecule has 2 aromatic carbocycles. The van der Waals surface area contributed by atoms with Gasteiger partial charge in [0, 0.05) is 6.07 Å². The summed E-state index contributed by atoms with van der Waals surface area (Å²) in [7, 11) is -4.79. The second kappa shape index (κ2) is 6.62. The molecule has 0 radical (unpaired) electrons. The summed E-state index contributed by atoms with van der Waals surface area (Å²) in [5, 5.41) is 36.5. The number of nitrogens with zero attached hydrogens (tertiary/aromatic N) is 3. The number of benzene rings is 2. The lowest BCUT2D eigenvalue weighted by molar-refractivity contribution is -0.387. The number of aromatic carboxylic acids is 1. The predicted octanol–water partition coefficient (Wildman–Crippen LogP) is 2.66. The van der Waals surface area contributed by atoms with Gasteiger partial charge in [0.15, 0.2) is 4.90 Å². The minimum Gasteiger partial charge on any atom is -0.507 e. The largest absolute Gasteiger partial charge is 0.507 e. The zero-order valence-corrected chi connectivity index (χ0v) is 12.9. The minimum absolute atomic E-state index is 0.0386. The number of phenols is 1. The Morgan fingerprint density at radius 2 is 1.64 bits per heavy atom. The van der Waals surface area contributed by atoms with E-state index in [-0.39, 0.29) is 11.4 Å². The number of hydrogen-bond donors (Lipinski definition) is 3. The van der Waals surface area contributed by atoms with Crippen LogP contribution in [0.15, 0.2) is 51.5 Å². The average molecular weight is 367 g/mol. The van der Waals surface area contributed by atoms with Crippen LogP contribution in [0.5, 0.6) is 5.75 Å². The summed E-state index contributed by atoms with van der Waals surface area (Å²) in [6, 6.07) is 6.01. The Kier molecular flexibility index (Phi) is 4.76. The van der Waals surface area contributed by atoms with Crippen LogP contribution in [0.25, 0.3) is 0 Å². The molecule has 0 unspecified atom stereocenters. The van der Waals surface area contributed by atoms with Crippen LogP contribution >= 0.6 is 0 Å². The lowest BCUT2D eigenvalue weighted by atomic mass is 10.2. The molecule has 2 aromatic rings. The van der Waals surface area contributed by atoms with Crippen molar-refractivity contribution in [1.29, 1.82) is 0 Å². The lowest BCUT2D eigenvalue weighted by Crippen LogP contribution is -2.02. The van der Waals surface area contributed by atoms with Crippen molar-refractivity contribution in [3.05, 3.63) is 52.1 Å². The van der Waals surface area contributed by atoms with Crippen LogP contribution in [0.4, 0.5) is 17.1 Å². The standard InChI is InChI=1S/C13H9N3O8S/c17-11-3-1-7(5-9(11)13(18)19)14-15-8-2-4-12(25(22,23)24)10(6-8)16(20)21/h1-6,17H,(H,18,19)(H,22,23,24). The van der Waals surface area contributed by atoms with E-state index in [4.69, 9.17) is 9.66 Å². The van der Waals surface area contributed by atoms with Gasteiger partial charge in [0.2, 0.25) is 0 Å². The quantitative estimate of drug-likeness (QED) is 0.312. The molecule has 0 amide bonds. The molecule has 25 heavy (non-hydrogen) atoms. The highest BCUT2D eigenvalue weighted by Crippen LogP contribution is 2.30. The van der Waals surface area contributed by atoms with Gasteiger partial charge in [-0.25, -0.2) is 4.79 Å². The second-order valence-corrected chi connectivity index (χ2v) is 5.98. The van der Waals surface area contributed by atoms with Gasteiger partial charge in [-0.05, 0) is 30.3 Å². The minimum atomic E-state index is -4.79.